The number of benzene rings is 1. The standard InChI is InChI=1S/C15H20N2O/c1-17-13(9-12-5-2-3-7-15(12)17)10-16-11-14-6-4-8-18-14/h2-3,5,7,9,14,16H,4,6,8,10-11H2,1H3/t14-/m1/s1. The van der Waals surface area contributed by atoms with Crippen molar-refractivity contribution in [3.8, 4) is 0 Å². The van der Waals surface area contributed by atoms with E-state index >= 15 is 0 Å². The first-order valence-electron chi connectivity index (χ1n) is 6.70. The predicted molar refractivity (Wildman–Crippen MR) is 73.6 cm³/mol. The zero-order chi connectivity index (χ0) is 12.4. The molecule has 1 aliphatic rings. The van der Waals surface area contributed by atoms with E-state index in [0.717, 1.165) is 19.7 Å². The molecule has 1 aromatic heterocycles. The van der Waals surface area contributed by atoms with Gasteiger partial charge < -0.3 is 14.6 Å². The van der Waals surface area contributed by atoms with Crippen molar-refractivity contribution in [1.29, 1.82) is 0 Å². The van der Waals surface area contributed by atoms with Crippen molar-refractivity contribution < 1.29 is 4.74 Å². The number of hydrogen-bond acceptors (Lipinski definition) is 2. The summed E-state index contributed by atoms with van der Waals surface area (Å²) in [5, 5.41) is 4.81. The molecular formula is C15H20N2O. The summed E-state index contributed by atoms with van der Waals surface area (Å²) < 4.78 is 7.87. The third-order valence-electron chi connectivity index (χ3n) is 3.75. The van der Waals surface area contributed by atoms with Crippen molar-refractivity contribution in [2.75, 3.05) is 13.2 Å². The van der Waals surface area contributed by atoms with Crippen molar-refractivity contribution in [3.63, 3.8) is 0 Å². The third kappa shape index (κ3) is 2.28. The fraction of sp³-hybridized carbons (Fsp3) is 0.467. The maximum atomic E-state index is 5.61. The van der Waals surface area contributed by atoms with Gasteiger partial charge in [0.2, 0.25) is 0 Å². The molecule has 0 unspecified atom stereocenters. The van der Waals surface area contributed by atoms with Crippen LogP contribution in [0.3, 0.4) is 0 Å². The molecule has 0 saturated carbocycles. The zero-order valence-corrected chi connectivity index (χ0v) is 10.9. The van der Waals surface area contributed by atoms with E-state index in [1.807, 2.05) is 0 Å². The Kier molecular flexibility index (Phi) is 3.35. The first-order chi connectivity index (χ1) is 8.84. The Morgan fingerprint density at radius 1 is 1.39 bits per heavy atom. The van der Waals surface area contributed by atoms with Crippen LogP contribution in [0.2, 0.25) is 0 Å². The van der Waals surface area contributed by atoms with Gasteiger partial charge in [0.15, 0.2) is 0 Å². The zero-order valence-electron chi connectivity index (χ0n) is 10.9. The summed E-state index contributed by atoms with van der Waals surface area (Å²) in [6.45, 7) is 2.80. The number of rotatable bonds is 4. The minimum atomic E-state index is 0.416. The molecule has 2 heterocycles. The summed E-state index contributed by atoms with van der Waals surface area (Å²) in [4.78, 5) is 0. The topological polar surface area (TPSA) is 26.2 Å². The highest BCUT2D eigenvalue weighted by atomic mass is 16.5. The molecular weight excluding hydrogens is 224 g/mol. The van der Waals surface area contributed by atoms with E-state index in [-0.39, 0.29) is 0 Å². The van der Waals surface area contributed by atoms with E-state index in [4.69, 9.17) is 4.74 Å². The van der Waals surface area contributed by atoms with Crippen LogP contribution in [0.1, 0.15) is 18.5 Å². The largest absolute Gasteiger partial charge is 0.377 e. The lowest BCUT2D eigenvalue weighted by Crippen LogP contribution is -2.26. The minimum absolute atomic E-state index is 0.416. The van der Waals surface area contributed by atoms with Crippen LogP contribution < -0.4 is 5.32 Å². The number of fused-ring (bicyclic) bond motifs is 1. The Morgan fingerprint density at radius 3 is 3.06 bits per heavy atom. The van der Waals surface area contributed by atoms with Crippen molar-refractivity contribution in [2.24, 2.45) is 7.05 Å². The Bertz CT molecular complexity index is 526. The van der Waals surface area contributed by atoms with E-state index in [1.165, 1.54) is 29.4 Å². The van der Waals surface area contributed by atoms with Crippen LogP contribution in [-0.2, 0) is 18.3 Å². The molecule has 0 amide bonds. The van der Waals surface area contributed by atoms with Gasteiger partial charge in [-0.1, -0.05) is 18.2 Å². The molecule has 96 valence electrons. The van der Waals surface area contributed by atoms with Crippen LogP contribution >= 0.6 is 0 Å². The van der Waals surface area contributed by atoms with Gasteiger partial charge in [-0.25, -0.2) is 0 Å². The van der Waals surface area contributed by atoms with Crippen molar-refractivity contribution in [1.82, 2.24) is 9.88 Å². The fourth-order valence-corrected chi connectivity index (χ4v) is 2.68. The number of ether oxygens (including phenoxy) is 1. The van der Waals surface area contributed by atoms with E-state index in [9.17, 15) is 0 Å². The van der Waals surface area contributed by atoms with Crippen LogP contribution in [0.5, 0.6) is 0 Å². The molecule has 0 aliphatic carbocycles. The average molecular weight is 244 g/mol. The Balaban J connectivity index is 1.65. The number of hydrogen-bond donors (Lipinski definition) is 1. The van der Waals surface area contributed by atoms with E-state index < -0.39 is 0 Å². The van der Waals surface area contributed by atoms with Gasteiger partial charge >= 0.3 is 0 Å². The maximum absolute atomic E-state index is 5.61. The number of aromatic nitrogens is 1. The number of nitrogens with one attached hydrogen (secondary N) is 1. The van der Waals surface area contributed by atoms with Gasteiger partial charge in [-0.3, -0.25) is 0 Å². The molecule has 3 heteroatoms. The highest BCUT2D eigenvalue weighted by Gasteiger charge is 2.14. The summed E-state index contributed by atoms with van der Waals surface area (Å²) in [5.41, 5.74) is 2.63. The lowest BCUT2D eigenvalue weighted by atomic mass is 10.2. The molecule has 0 spiro atoms. The van der Waals surface area contributed by atoms with Gasteiger partial charge in [-0.2, -0.15) is 0 Å². The number of para-hydroxylation sites is 1. The molecule has 1 atom stereocenters. The molecule has 3 rings (SSSR count). The highest BCUT2D eigenvalue weighted by Crippen LogP contribution is 2.18. The van der Waals surface area contributed by atoms with Gasteiger partial charge in [0.1, 0.15) is 0 Å². The molecule has 1 aromatic carbocycles. The van der Waals surface area contributed by atoms with Gasteiger partial charge in [0.05, 0.1) is 6.10 Å². The first kappa shape index (κ1) is 11.8. The maximum Gasteiger partial charge on any atom is 0.0700 e. The van der Waals surface area contributed by atoms with E-state index in [1.54, 1.807) is 0 Å². The Morgan fingerprint density at radius 2 is 2.28 bits per heavy atom. The second-order valence-electron chi connectivity index (χ2n) is 5.02. The summed E-state index contributed by atoms with van der Waals surface area (Å²) in [5.74, 6) is 0. The Labute approximate surface area is 108 Å². The minimum Gasteiger partial charge on any atom is -0.377 e. The van der Waals surface area contributed by atoms with Gasteiger partial charge in [0.25, 0.3) is 0 Å². The monoisotopic (exact) mass is 244 g/mol. The van der Waals surface area contributed by atoms with E-state index in [2.05, 4.69) is 47.3 Å². The van der Waals surface area contributed by atoms with Crippen LogP contribution in [0, 0.1) is 0 Å². The highest BCUT2D eigenvalue weighted by molar-refractivity contribution is 5.81. The molecule has 1 N–H and O–H groups in total. The summed E-state index contributed by atoms with van der Waals surface area (Å²) in [6.07, 6.45) is 2.82. The predicted octanol–water partition coefficient (Wildman–Crippen LogP) is 2.45. The molecule has 18 heavy (non-hydrogen) atoms. The third-order valence-corrected chi connectivity index (χ3v) is 3.75. The van der Waals surface area contributed by atoms with Crippen molar-refractivity contribution in [2.45, 2.75) is 25.5 Å². The smallest absolute Gasteiger partial charge is 0.0700 e. The number of aryl methyl sites for hydroxylation is 1. The van der Waals surface area contributed by atoms with Gasteiger partial charge in [-0.05, 0) is 30.4 Å². The second-order valence-corrected chi connectivity index (χ2v) is 5.02. The quantitative estimate of drug-likeness (QED) is 0.894. The molecule has 1 saturated heterocycles. The van der Waals surface area contributed by atoms with Crippen LogP contribution in [0.25, 0.3) is 10.9 Å². The summed E-state index contributed by atoms with van der Waals surface area (Å²) in [7, 11) is 2.13. The van der Waals surface area contributed by atoms with E-state index in [0.29, 0.717) is 6.10 Å². The van der Waals surface area contributed by atoms with Gasteiger partial charge in [0, 0.05) is 38.0 Å². The molecule has 1 aliphatic heterocycles. The number of nitrogens with zero attached hydrogens (tertiary/aromatic N) is 1. The normalized spacial score (nSPS) is 19.7. The van der Waals surface area contributed by atoms with Crippen LogP contribution in [-0.4, -0.2) is 23.8 Å². The van der Waals surface area contributed by atoms with Crippen molar-refractivity contribution >= 4 is 10.9 Å². The Hall–Kier alpha value is -1.32. The lowest BCUT2D eigenvalue weighted by molar-refractivity contribution is 0.110. The molecule has 0 bridgehead atoms. The van der Waals surface area contributed by atoms with Crippen LogP contribution in [0.15, 0.2) is 30.3 Å². The van der Waals surface area contributed by atoms with Crippen molar-refractivity contribution in [3.05, 3.63) is 36.0 Å². The summed E-state index contributed by atoms with van der Waals surface area (Å²) in [6, 6.07) is 10.8. The average Bonchev–Trinajstić information content (AvgIpc) is 3.00. The van der Waals surface area contributed by atoms with Crippen LogP contribution in [0.4, 0.5) is 0 Å². The molecule has 3 nitrogen and oxygen atoms in total. The molecule has 2 aromatic rings. The second kappa shape index (κ2) is 5.12. The molecule has 0 radical (unpaired) electrons. The molecule has 1 fully saturated rings. The fourth-order valence-electron chi connectivity index (χ4n) is 2.68. The van der Waals surface area contributed by atoms with Gasteiger partial charge in [-0.15, -0.1) is 0 Å². The SMILES string of the molecule is Cn1c(CNC[C@H]2CCCO2)cc2ccccc21. The summed E-state index contributed by atoms with van der Waals surface area (Å²) >= 11 is 0. The lowest BCUT2D eigenvalue weighted by Gasteiger charge is -2.11. The first-order valence-corrected chi connectivity index (χ1v) is 6.70.